The molecule has 0 aromatic heterocycles. The molecule has 0 saturated heterocycles. The van der Waals surface area contributed by atoms with Crippen molar-refractivity contribution in [2.24, 2.45) is 5.90 Å². The molecule has 0 radical (unpaired) electrons. The van der Waals surface area contributed by atoms with E-state index >= 15 is 0 Å². The van der Waals surface area contributed by atoms with Crippen molar-refractivity contribution >= 4 is 5.78 Å². The van der Waals surface area contributed by atoms with Crippen LogP contribution in [0.4, 0.5) is 0 Å². The monoisotopic (exact) mass is 187 g/mol. The minimum atomic E-state index is 0.0682. The molecule has 2 N–H and O–H groups in total. The molecule has 0 aromatic rings. The van der Waals surface area contributed by atoms with Crippen molar-refractivity contribution in [3.63, 3.8) is 0 Å². The first-order chi connectivity index (χ1) is 6.02. The molecule has 0 saturated carbocycles. The van der Waals surface area contributed by atoms with E-state index in [9.17, 15) is 4.79 Å². The Morgan fingerprint density at radius 3 is 2.69 bits per heavy atom. The van der Waals surface area contributed by atoms with E-state index in [2.05, 4.69) is 11.4 Å². The van der Waals surface area contributed by atoms with E-state index in [-0.39, 0.29) is 5.78 Å². The quantitative estimate of drug-likeness (QED) is 0.266. The zero-order chi connectivity index (χ0) is 10.3. The Labute approximate surface area is 79.5 Å². The summed E-state index contributed by atoms with van der Waals surface area (Å²) in [5.74, 6) is 4.96. The molecule has 76 valence electrons. The van der Waals surface area contributed by atoms with Gasteiger partial charge in [0.15, 0.2) is 0 Å². The molecule has 4 nitrogen and oxygen atoms in total. The summed E-state index contributed by atoms with van der Waals surface area (Å²) in [6.45, 7) is 5.32. The summed E-state index contributed by atoms with van der Waals surface area (Å²) >= 11 is 0. The lowest BCUT2D eigenvalue weighted by molar-refractivity contribution is -0.882. The first-order valence-corrected chi connectivity index (χ1v) is 4.31. The number of hydrogen-bond donors (Lipinski definition) is 1. The van der Waals surface area contributed by atoms with E-state index in [1.165, 1.54) is 6.08 Å². The van der Waals surface area contributed by atoms with Gasteiger partial charge < -0.3 is 9.32 Å². The predicted octanol–water partition coefficient (Wildman–Crippen LogP) is 0.0983. The van der Waals surface area contributed by atoms with Crippen LogP contribution >= 0.6 is 0 Å². The summed E-state index contributed by atoms with van der Waals surface area (Å²) in [5, 5.41) is 0. The Morgan fingerprint density at radius 2 is 2.23 bits per heavy atom. The summed E-state index contributed by atoms with van der Waals surface area (Å²) in [4.78, 5) is 15.5. The van der Waals surface area contributed by atoms with Gasteiger partial charge in [0.05, 0.1) is 27.2 Å². The summed E-state index contributed by atoms with van der Waals surface area (Å²) in [7, 11) is 4.00. The van der Waals surface area contributed by atoms with E-state index in [0.29, 0.717) is 17.6 Å². The standard InChI is InChI=1S/C9H19N2O2/c1-4-9(12)8-11(2,3)6-5-7-13-10/h4H,1,5-8,10H2,2-3H3/q+1. The number of rotatable bonds is 7. The summed E-state index contributed by atoms with van der Waals surface area (Å²) < 4.78 is 0.647. The molecule has 0 aromatic carbocycles. The number of carbonyl (C=O) groups excluding carboxylic acids is 1. The average molecular weight is 187 g/mol. The number of hydrogen-bond acceptors (Lipinski definition) is 3. The number of nitrogens with zero attached hydrogens (tertiary/aromatic N) is 1. The van der Waals surface area contributed by atoms with E-state index in [1.54, 1.807) is 0 Å². The number of carbonyl (C=O) groups is 1. The van der Waals surface area contributed by atoms with Gasteiger partial charge >= 0.3 is 0 Å². The van der Waals surface area contributed by atoms with Crippen LogP contribution in [0.15, 0.2) is 12.7 Å². The summed E-state index contributed by atoms with van der Waals surface area (Å²) in [6.07, 6.45) is 2.22. The lowest BCUT2D eigenvalue weighted by Crippen LogP contribution is -2.44. The van der Waals surface area contributed by atoms with E-state index < -0.39 is 0 Å². The zero-order valence-corrected chi connectivity index (χ0v) is 8.45. The smallest absolute Gasteiger partial charge is 0.209 e. The van der Waals surface area contributed by atoms with Crippen LogP contribution in [0.1, 0.15) is 6.42 Å². The van der Waals surface area contributed by atoms with Gasteiger partial charge in [-0.2, -0.15) is 0 Å². The van der Waals surface area contributed by atoms with Crippen LogP contribution < -0.4 is 5.90 Å². The number of likely N-dealkylation sites (N-methyl/N-ethyl adjacent to an activating group) is 1. The molecular weight excluding hydrogens is 168 g/mol. The van der Waals surface area contributed by atoms with Crippen molar-refractivity contribution < 1.29 is 14.1 Å². The van der Waals surface area contributed by atoms with Crippen molar-refractivity contribution in [2.45, 2.75) is 6.42 Å². The molecule has 4 heteroatoms. The zero-order valence-electron chi connectivity index (χ0n) is 8.45. The molecule has 0 bridgehead atoms. The largest absolute Gasteiger partial charge is 0.322 e. The van der Waals surface area contributed by atoms with Gasteiger partial charge in [-0.15, -0.1) is 0 Å². The van der Waals surface area contributed by atoms with Gasteiger partial charge in [0.2, 0.25) is 5.78 Å². The Bertz CT molecular complexity index is 178. The first kappa shape index (κ1) is 12.3. The highest BCUT2D eigenvalue weighted by molar-refractivity contribution is 5.90. The Hall–Kier alpha value is -0.710. The fourth-order valence-electron chi connectivity index (χ4n) is 1.14. The van der Waals surface area contributed by atoms with Crippen LogP contribution in [0.25, 0.3) is 0 Å². The number of quaternary nitrogens is 1. The second-order valence-corrected chi connectivity index (χ2v) is 3.71. The predicted molar refractivity (Wildman–Crippen MR) is 51.8 cm³/mol. The van der Waals surface area contributed by atoms with Crippen LogP contribution in [-0.4, -0.2) is 44.1 Å². The Kier molecular flexibility index (Phi) is 5.53. The molecular formula is C9H19N2O2+. The molecule has 0 rings (SSSR count). The summed E-state index contributed by atoms with van der Waals surface area (Å²) in [5.41, 5.74) is 0. The van der Waals surface area contributed by atoms with Crippen LogP contribution in [0, 0.1) is 0 Å². The number of nitrogens with two attached hydrogens (primary N) is 1. The third-order valence-corrected chi connectivity index (χ3v) is 1.84. The second-order valence-electron chi connectivity index (χ2n) is 3.71. The van der Waals surface area contributed by atoms with Gasteiger partial charge in [-0.3, -0.25) is 4.79 Å². The first-order valence-electron chi connectivity index (χ1n) is 4.31. The van der Waals surface area contributed by atoms with Gasteiger partial charge in [0.25, 0.3) is 0 Å². The second kappa shape index (κ2) is 5.85. The normalized spacial score (nSPS) is 11.3. The van der Waals surface area contributed by atoms with Gasteiger partial charge in [-0.05, 0) is 6.08 Å². The van der Waals surface area contributed by atoms with Crippen LogP contribution in [0.3, 0.4) is 0 Å². The molecule has 0 fully saturated rings. The maximum absolute atomic E-state index is 11.1. The van der Waals surface area contributed by atoms with Crippen molar-refractivity contribution in [1.29, 1.82) is 0 Å². The fraction of sp³-hybridized carbons (Fsp3) is 0.667. The molecule has 0 spiro atoms. The molecule has 13 heavy (non-hydrogen) atoms. The highest BCUT2D eigenvalue weighted by atomic mass is 16.6. The minimum Gasteiger partial charge on any atom is -0.322 e. The van der Waals surface area contributed by atoms with Crippen LogP contribution in [0.5, 0.6) is 0 Å². The maximum Gasteiger partial charge on any atom is 0.209 e. The summed E-state index contributed by atoms with van der Waals surface area (Å²) in [6, 6.07) is 0. The molecule has 0 heterocycles. The van der Waals surface area contributed by atoms with Gasteiger partial charge in [0, 0.05) is 6.42 Å². The minimum absolute atomic E-state index is 0.0682. The van der Waals surface area contributed by atoms with E-state index in [4.69, 9.17) is 5.90 Å². The molecule has 0 aliphatic rings. The maximum atomic E-state index is 11.1. The van der Waals surface area contributed by atoms with Crippen molar-refractivity contribution in [1.82, 2.24) is 0 Å². The van der Waals surface area contributed by atoms with Gasteiger partial charge in [0.1, 0.15) is 6.54 Å². The van der Waals surface area contributed by atoms with Crippen molar-refractivity contribution in [3.8, 4) is 0 Å². The van der Waals surface area contributed by atoms with Crippen LogP contribution in [-0.2, 0) is 9.63 Å². The van der Waals surface area contributed by atoms with E-state index in [0.717, 1.165) is 13.0 Å². The third-order valence-electron chi connectivity index (χ3n) is 1.84. The average Bonchev–Trinajstić information content (AvgIpc) is 2.03. The third kappa shape index (κ3) is 6.45. The molecule has 0 atom stereocenters. The van der Waals surface area contributed by atoms with Crippen molar-refractivity contribution in [3.05, 3.63) is 12.7 Å². The SMILES string of the molecule is C=CC(=O)C[N+](C)(C)CCCON. The van der Waals surface area contributed by atoms with Crippen LogP contribution in [0.2, 0.25) is 0 Å². The fourth-order valence-corrected chi connectivity index (χ4v) is 1.14. The molecule has 0 unspecified atom stereocenters. The Morgan fingerprint density at radius 1 is 1.62 bits per heavy atom. The highest BCUT2D eigenvalue weighted by Gasteiger charge is 2.17. The molecule has 0 aliphatic carbocycles. The topological polar surface area (TPSA) is 52.3 Å². The lowest BCUT2D eigenvalue weighted by Gasteiger charge is -2.28. The lowest BCUT2D eigenvalue weighted by atomic mass is 10.3. The molecule has 0 aliphatic heterocycles. The van der Waals surface area contributed by atoms with Gasteiger partial charge in [-0.25, -0.2) is 5.90 Å². The van der Waals surface area contributed by atoms with Crippen molar-refractivity contribution in [2.75, 3.05) is 33.8 Å². The van der Waals surface area contributed by atoms with E-state index in [1.807, 2.05) is 14.1 Å². The van der Waals surface area contributed by atoms with Gasteiger partial charge in [-0.1, -0.05) is 6.58 Å². The Balaban J connectivity index is 3.78. The molecule has 0 amide bonds. The highest BCUT2D eigenvalue weighted by Crippen LogP contribution is 1.99. The number of ketones is 1.